The van der Waals surface area contributed by atoms with Gasteiger partial charge in [-0.2, -0.15) is 18.2 Å². The quantitative estimate of drug-likeness (QED) is 0.256. The van der Waals surface area contributed by atoms with Crippen molar-refractivity contribution in [3.63, 3.8) is 0 Å². The number of carbonyl (C=O) groups is 1. The van der Waals surface area contributed by atoms with Crippen molar-refractivity contribution in [2.45, 2.75) is 89.8 Å². The number of piperazine rings is 1. The van der Waals surface area contributed by atoms with Crippen LogP contribution in [0, 0.1) is 5.92 Å². The maximum atomic E-state index is 12.7. The van der Waals surface area contributed by atoms with E-state index in [4.69, 9.17) is 4.74 Å². The van der Waals surface area contributed by atoms with E-state index in [0.717, 1.165) is 88.1 Å². The predicted octanol–water partition coefficient (Wildman–Crippen LogP) is 6.31. The number of carbonyl (C=O) groups excluding carboxylic acids is 1. The average Bonchev–Trinajstić information content (AvgIpc) is 3.39. The second kappa shape index (κ2) is 14.8. The van der Waals surface area contributed by atoms with Crippen LogP contribution in [0.1, 0.15) is 70.9 Å². The second-order valence-electron chi connectivity index (χ2n) is 15.0. The summed E-state index contributed by atoms with van der Waals surface area (Å²) in [4.78, 5) is 28.0. The fourth-order valence-electron chi connectivity index (χ4n) is 7.09. The minimum Gasteiger partial charge on any atom is -0.444 e. The molecule has 49 heavy (non-hydrogen) atoms. The van der Waals surface area contributed by atoms with Crippen LogP contribution in [0.3, 0.4) is 0 Å². The molecule has 0 bridgehead atoms. The van der Waals surface area contributed by atoms with E-state index in [0.29, 0.717) is 24.4 Å². The largest absolute Gasteiger partial charge is 0.444 e. The number of nitrogens with zero attached hydrogens (tertiary/aromatic N) is 6. The van der Waals surface area contributed by atoms with Gasteiger partial charge in [0.25, 0.3) is 0 Å². The molecule has 0 unspecified atom stereocenters. The van der Waals surface area contributed by atoms with Gasteiger partial charge in [0.05, 0.1) is 12.5 Å². The molecule has 3 aromatic rings. The number of rotatable bonds is 10. The van der Waals surface area contributed by atoms with Gasteiger partial charge in [0.1, 0.15) is 11.2 Å². The molecule has 2 N–H and O–H groups in total. The van der Waals surface area contributed by atoms with E-state index in [-0.39, 0.29) is 30.7 Å². The molecule has 0 atom stereocenters. The van der Waals surface area contributed by atoms with E-state index < -0.39 is 18.2 Å². The summed E-state index contributed by atoms with van der Waals surface area (Å²) in [6, 6.07) is 8.75. The number of alkyl halides is 3. The second-order valence-corrected chi connectivity index (χ2v) is 15.0. The van der Waals surface area contributed by atoms with Crippen molar-refractivity contribution in [2.75, 3.05) is 57.7 Å². The molecule has 0 radical (unpaired) electrons. The zero-order chi connectivity index (χ0) is 34.8. The SMILES string of the molecule is CC(C)(C)OC(=O)N1CC(CCN2CCN(Cc3ccc(-c4cn(C5CCC(O)CC5)c5nc(NCCC(F)(F)F)ncc45)cc3)CC2)C1. The predicted molar refractivity (Wildman–Crippen MR) is 183 cm³/mol. The molecule has 1 aliphatic carbocycles. The van der Waals surface area contributed by atoms with Gasteiger partial charge in [-0.15, -0.1) is 0 Å². The summed E-state index contributed by atoms with van der Waals surface area (Å²) in [5, 5.41) is 13.7. The number of anilines is 1. The lowest BCUT2D eigenvalue weighted by molar-refractivity contribution is -0.131. The van der Waals surface area contributed by atoms with Crippen LogP contribution < -0.4 is 5.32 Å². The minimum absolute atomic E-state index is 0.149. The number of aromatic nitrogens is 3. The highest BCUT2D eigenvalue weighted by molar-refractivity contribution is 5.94. The molecule has 10 nitrogen and oxygen atoms in total. The lowest BCUT2D eigenvalue weighted by Crippen LogP contribution is -2.53. The third-order valence-electron chi connectivity index (χ3n) is 9.92. The molecule has 2 aliphatic heterocycles. The highest BCUT2D eigenvalue weighted by atomic mass is 19.4. The number of likely N-dealkylation sites (tertiary alicyclic amines) is 1. The minimum atomic E-state index is -4.25. The van der Waals surface area contributed by atoms with Crippen LogP contribution in [0.2, 0.25) is 0 Å². The first kappa shape index (κ1) is 35.4. The van der Waals surface area contributed by atoms with Gasteiger partial charge >= 0.3 is 12.3 Å². The average molecular weight is 686 g/mol. The van der Waals surface area contributed by atoms with Gasteiger partial charge in [0.2, 0.25) is 5.95 Å². The monoisotopic (exact) mass is 685 g/mol. The first-order valence-corrected chi connectivity index (χ1v) is 17.7. The van der Waals surface area contributed by atoms with Gasteiger partial charge in [-0.05, 0) is 76.5 Å². The zero-order valence-electron chi connectivity index (χ0n) is 28.9. The van der Waals surface area contributed by atoms with Crippen LogP contribution in [-0.4, -0.2) is 111 Å². The van der Waals surface area contributed by atoms with Crippen molar-refractivity contribution in [2.24, 2.45) is 5.92 Å². The fraction of sp³-hybridized carbons (Fsp3) is 0.639. The molecule has 2 saturated heterocycles. The molecular formula is C36H50F3N7O3. The lowest BCUT2D eigenvalue weighted by atomic mass is 9.93. The molecule has 13 heteroatoms. The maximum absolute atomic E-state index is 12.7. The van der Waals surface area contributed by atoms with Crippen LogP contribution in [0.5, 0.6) is 0 Å². The van der Waals surface area contributed by atoms with Gasteiger partial charge in [0.15, 0.2) is 0 Å². The first-order valence-electron chi connectivity index (χ1n) is 17.7. The van der Waals surface area contributed by atoms with Crippen LogP contribution in [0.4, 0.5) is 23.9 Å². The Labute approximate surface area is 286 Å². The Hall–Kier alpha value is -3.42. The molecule has 4 heterocycles. The summed E-state index contributed by atoms with van der Waals surface area (Å²) >= 11 is 0. The summed E-state index contributed by atoms with van der Waals surface area (Å²) in [5.41, 5.74) is 3.51. The number of aliphatic hydroxyl groups is 1. The Morgan fingerprint density at radius 2 is 1.67 bits per heavy atom. The third-order valence-corrected chi connectivity index (χ3v) is 9.92. The van der Waals surface area contributed by atoms with E-state index in [1.807, 2.05) is 20.8 Å². The Morgan fingerprint density at radius 3 is 2.33 bits per heavy atom. The molecule has 3 fully saturated rings. The maximum Gasteiger partial charge on any atom is 0.410 e. The molecular weight excluding hydrogens is 635 g/mol. The Morgan fingerprint density at radius 1 is 1.00 bits per heavy atom. The molecule has 2 aromatic heterocycles. The number of ether oxygens (including phenoxy) is 1. The van der Waals surface area contributed by atoms with E-state index in [2.05, 4.69) is 60.1 Å². The summed E-state index contributed by atoms with van der Waals surface area (Å²) in [7, 11) is 0. The van der Waals surface area contributed by atoms with Crippen molar-refractivity contribution in [1.82, 2.24) is 29.2 Å². The highest BCUT2D eigenvalue weighted by Gasteiger charge is 2.34. The van der Waals surface area contributed by atoms with E-state index in [1.54, 1.807) is 11.1 Å². The van der Waals surface area contributed by atoms with E-state index in [1.165, 1.54) is 5.56 Å². The first-order chi connectivity index (χ1) is 23.3. The number of benzene rings is 1. The number of amides is 1. The van der Waals surface area contributed by atoms with E-state index >= 15 is 0 Å². The third kappa shape index (κ3) is 9.43. The van der Waals surface area contributed by atoms with Crippen LogP contribution in [0.25, 0.3) is 22.2 Å². The topological polar surface area (TPSA) is 99.0 Å². The van der Waals surface area contributed by atoms with Gasteiger partial charge in [0, 0.05) is 81.7 Å². The fourth-order valence-corrected chi connectivity index (χ4v) is 7.09. The van der Waals surface area contributed by atoms with Crippen molar-refractivity contribution in [1.29, 1.82) is 0 Å². The summed E-state index contributed by atoms with van der Waals surface area (Å²) in [6.45, 7) is 13.0. The number of aliphatic hydroxyl groups excluding tert-OH is 1. The number of fused-ring (bicyclic) bond motifs is 1. The standard InChI is InChI=1S/C36H50F3N7O3/c1-35(2,3)49-34(48)45-22-26(23-45)12-15-43-16-18-44(19-17-43)21-25-4-6-27(7-5-25)31-24-46(28-8-10-29(47)11-9-28)32-30(31)20-41-33(42-32)40-14-13-36(37,38)39/h4-7,20,24,26,28-29,47H,8-19,21-23H2,1-3H3,(H,40,41,42). The molecule has 0 spiro atoms. The number of halogens is 3. The molecule has 1 aromatic carbocycles. The van der Waals surface area contributed by atoms with Crippen molar-refractivity contribution in [3.8, 4) is 11.1 Å². The van der Waals surface area contributed by atoms with Crippen molar-refractivity contribution in [3.05, 3.63) is 42.2 Å². The Bertz CT molecular complexity index is 1550. The molecule has 1 amide bonds. The number of nitrogens with one attached hydrogen (secondary N) is 1. The molecule has 3 aliphatic rings. The van der Waals surface area contributed by atoms with Gasteiger partial charge in [-0.1, -0.05) is 24.3 Å². The van der Waals surface area contributed by atoms with Crippen LogP contribution in [0.15, 0.2) is 36.7 Å². The summed E-state index contributed by atoms with van der Waals surface area (Å²) in [6.07, 6.45) is 2.22. The summed E-state index contributed by atoms with van der Waals surface area (Å²) in [5.74, 6) is 0.726. The van der Waals surface area contributed by atoms with Crippen LogP contribution >= 0.6 is 0 Å². The van der Waals surface area contributed by atoms with Gasteiger partial charge in [-0.25, -0.2) is 9.78 Å². The molecule has 268 valence electrons. The highest BCUT2D eigenvalue weighted by Crippen LogP contribution is 2.37. The lowest BCUT2D eigenvalue weighted by Gasteiger charge is -2.41. The zero-order valence-corrected chi connectivity index (χ0v) is 28.9. The van der Waals surface area contributed by atoms with Crippen molar-refractivity contribution < 1.29 is 27.8 Å². The normalized spacial score (nSPS) is 21.6. The Kier molecular flexibility index (Phi) is 10.7. The smallest absolute Gasteiger partial charge is 0.410 e. The van der Waals surface area contributed by atoms with Gasteiger partial charge in [-0.3, -0.25) is 4.90 Å². The number of hydrogen-bond acceptors (Lipinski definition) is 8. The van der Waals surface area contributed by atoms with Crippen LogP contribution in [-0.2, 0) is 11.3 Å². The van der Waals surface area contributed by atoms with Crippen molar-refractivity contribution >= 4 is 23.1 Å². The molecule has 1 saturated carbocycles. The van der Waals surface area contributed by atoms with Gasteiger partial charge < -0.3 is 29.5 Å². The van der Waals surface area contributed by atoms with E-state index in [9.17, 15) is 23.1 Å². The number of hydrogen-bond donors (Lipinski definition) is 2. The molecule has 6 rings (SSSR count). The summed E-state index contributed by atoms with van der Waals surface area (Å²) < 4.78 is 45.8. The Balaban J connectivity index is 1.03.